The highest BCUT2D eigenvalue weighted by Crippen LogP contribution is 2.16. The average molecular weight is 296 g/mol. The van der Waals surface area contributed by atoms with Crippen molar-refractivity contribution in [3.05, 3.63) is 0 Å². The van der Waals surface area contributed by atoms with Crippen molar-refractivity contribution in [2.45, 2.75) is 70.8 Å². The Morgan fingerprint density at radius 2 is 1.90 bits per heavy atom. The molecule has 0 bridgehead atoms. The molecule has 0 saturated carbocycles. The molecule has 0 aliphatic rings. The number of nitrogens with zero attached hydrogens (tertiary/aromatic N) is 1. The fourth-order valence-electron chi connectivity index (χ4n) is 2.06. The van der Waals surface area contributed by atoms with Crippen molar-refractivity contribution in [2.24, 2.45) is 11.6 Å². The van der Waals surface area contributed by atoms with E-state index in [4.69, 9.17) is 29.6 Å². The maximum absolute atomic E-state index is 8.06. The highest BCUT2D eigenvalue weighted by molar-refractivity contribution is 6.14. The molecule has 5 N–H and O–H groups in total. The first-order valence-corrected chi connectivity index (χ1v) is 7.83. The first-order valence-electron chi connectivity index (χ1n) is 7.83. The van der Waals surface area contributed by atoms with Gasteiger partial charge in [-0.25, -0.2) is 5.01 Å². The summed E-state index contributed by atoms with van der Waals surface area (Å²) in [6.45, 7) is 9.70. The van der Waals surface area contributed by atoms with Crippen LogP contribution in [0.25, 0.3) is 0 Å². The van der Waals surface area contributed by atoms with Crippen LogP contribution in [0.4, 0.5) is 0 Å². The zero-order valence-electron chi connectivity index (χ0n) is 14.2. The number of hydrazine groups is 1. The fraction of sp³-hybridized carbons (Fsp3) is 0.933. The van der Waals surface area contributed by atoms with E-state index < -0.39 is 11.0 Å². The topological polar surface area (TPSA) is 88.4 Å². The van der Waals surface area contributed by atoms with Crippen molar-refractivity contribution in [1.82, 2.24) is 5.01 Å². The van der Waals surface area contributed by atoms with E-state index >= 15 is 0 Å². The Morgan fingerprint density at radius 1 is 1.29 bits per heavy atom. The number of nitrogens with two attached hydrogens (primary N) is 2. The Hall–Kier alpha value is -0.425. The molecule has 0 fully saturated rings. The molecular formula is C15H33BN4O. The Morgan fingerprint density at radius 3 is 2.43 bits per heavy atom. The molecule has 6 heteroatoms. The Labute approximate surface area is 131 Å². The summed E-state index contributed by atoms with van der Waals surface area (Å²) in [5, 5.41) is 9.78. The second-order valence-corrected chi connectivity index (χ2v) is 6.82. The zero-order valence-corrected chi connectivity index (χ0v) is 14.2. The minimum atomic E-state index is -0.711. The first kappa shape index (κ1) is 20.6. The van der Waals surface area contributed by atoms with Crippen LogP contribution in [0.15, 0.2) is 0 Å². The predicted octanol–water partition coefficient (Wildman–Crippen LogP) is 1.79. The van der Waals surface area contributed by atoms with Gasteiger partial charge in [0.15, 0.2) is 0 Å². The summed E-state index contributed by atoms with van der Waals surface area (Å²) in [7, 11) is 5.72. The van der Waals surface area contributed by atoms with E-state index in [2.05, 4.69) is 6.92 Å². The maximum Gasteiger partial charge on any atom is 0.0947 e. The normalized spacial score (nSPS) is 15.2. The number of ether oxygens (including phenoxy) is 1. The highest BCUT2D eigenvalue weighted by Gasteiger charge is 2.22. The largest absolute Gasteiger partial charge is 0.375 e. The molecule has 0 aromatic rings. The Balaban J connectivity index is 3.99. The van der Waals surface area contributed by atoms with Crippen LogP contribution < -0.4 is 11.6 Å². The fourth-order valence-corrected chi connectivity index (χ4v) is 2.06. The van der Waals surface area contributed by atoms with Gasteiger partial charge in [-0.3, -0.25) is 5.84 Å². The van der Waals surface area contributed by atoms with Crippen LogP contribution >= 0.6 is 0 Å². The average Bonchev–Trinajstić information content (AvgIpc) is 2.25. The van der Waals surface area contributed by atoms with Crippen molar-refractivity contribution in [3.63, 3.8) is 0 Å². The Kier molecular flexibility index (Phi) is 9.37. The highest BCUT2D eigenvalue weighted by atomic mass is 16.5. The van der Waals surface area contributed by atoms with Gasteiger partial charge in [0.05, 0.1) is 20.0 Å². The molecule has 0 aliphatic heterocycles. The summed E-state index contributed by atoms with van der Waals surface area (Å²) in [6.07, 6.45) is 4.57. The van der Waals surface area contributed by atoms with Gasteiger partial charge in [-0.2, -0.15) is 0 Å². The van der Waals surface area contributed by atoms with Gasteiger partial charge in [-0.05, 0) is 32.1 Å². The van der Waals surface area contributed by atoms with Crippen LogP contribution in [0.3, 0.4) is 0 Å². The molecule has 0 aromatic carbocycles. The number of rotatable bonds is 12. The van der Waals surface area contributed by atoms with E-state index in [0.717, 1.165) is 13.0 Å². The summed E-state index contributed by atoms with van der Waals surface area (Å²) in [4.78, 5) is 0. The second-order valence-electron chi connectivity index (χ2n) is 6.82. The molecule has 0 saturated heterocycles. The minimum Gasteiger partial charge on any atom is -0.375 e. The molecule has 1 unspecified atom stereocenters. The zero-order chi connectivity index (χ0) is 16.5. The molecule has 1 atom stereocenters. The number of hydrogen-bond acceptors (Lipinski definition) is 5. The van der Waals surface area contributed by atoms with Crippen LogP contribution in [0.2, 0.25) is 0 Å². The van der Waals surface area contributed by atoms with Crippen LogP contribution in [0.1, 0.15) is 59.8 Å². The molecule has 0 rings (SSSR count). The van der Waals surface area contributed by atoms with Gasteiger partial charge in [-0.1, -0.05) is 26.7 Å². The SMILES string of the molecule is [B]C(C)(N)CCOC(C)(C)CC(=N)CN(N)CCCCC. The molecule has 0 heterocycles. The summed E-state index contributed by atoms with van der Waals surface area (Å²) in [6, 6.07) is 0. The van der Waals surface area contributed by atoms with E-state index in [0.29, 0.717) is 31.7 Å². The summed E-state index contributed by atoms with van der Waals surface area (Å²) in [5.74, 6) is 5.91. The molecule has 122 valence electrons. The lowest BCUT2D eigenvalue weighted by Gasteiger charge is -2.29. The molecule has 21 heavy (non-hydrogen) atoms. The molecule has 0 aliphatic carbocycles. The van der Waals surface area contributed by atoms with Crippen LogP contribution in [0.5, 0.6) is 0 Å². The van der Waals surface area contributed by atoms with Gasteiger partial charge >= 0.3 is 0 Å². The molecule has 0 aromatic heterocycles. The van der Waals surface area contributed by atoms with Crippen LogP contribution in [0, 0.1) is 5.41 Å². The standard InChI is InChI=1S/C15H33BN4O/c1-5-6-7-9-20(19)12-13(17)11-14(2,3)21-10-8-15(4,16)18/h17H,5-12,18-19H2,1-4H3. The molecule has 2 radical (unpaired) electrons. The van der Waals surface area contributed by atoms with E-state index in [1.54, 1.807) is 11.9 Å². The van der Waals surface area contributed by atoms with Crippen molar-refractivity contribution in [2.75, 3.05) is 19.7 Å². The van der Waals surface area contributed by atoms with Crippen LogP contribution in [-0.4, -0.2) is 49.3 Å². The van der Waals surface area contributed by atoms with E-state index in [-0.39, 0.29) is 0 Å². The monoisotopic (exact) mass is 296 g/mol. The number of hydrogen-bond donors (Lipinski definition) is 3. The van der Waals surface area contributed by atoms with E-state index in [1.807, 2.05) is 13.8 Å². The van der Waals surface area contributed by atoms with E-state index in [9.17, 15) is 0 Å². The first-order chi connectivity index (χ1) is 9.56. The maximum atomic E-state index is 8.06. The third kappa shape index (κ3) is 13.0. The molecule has 5 nitrogen and oxygen atoms in total. The quantitative estimate of drug-likeness (QED) is 0.168. The lowest BCUT2D eigenvalue weighted by Crippen LogP contribution is -2.41. The molecular weight excluding hydrogens is 263 g/mol. The summed E-state index contributed by atoms with van der Waals surface area (Å²) < 4.78 is 5.80. The van der Waals surface area contributed by atoms with E-state index in [1.165, 1.54) is 12.8 Å². The Bertz CT molecular complexity index is 303. The molecule has 0 spiro atoms. The van der Waals surface area contributed by atoms with Gasteiger partial charge in [-0.15, -0.1) is 0 Å². The van der Waals surface area contributed by atoms with Gasteiger partial charge in [0.1, 0.15) is 0 Å². The lowest BCUT2D eigenvalue weighted by molar-refractivity contribution is -0.0162. The smallest absolute Gasteiger partial charge is 0.0947 e. The summed E-state index contributed by atoms with van der Waals surface area (Å²) >= 11 is 0. The van der Waals surface area contributed by atoms with Gasteiger partial charge in [0, 0.05) is 25.3 Å². The number of nitrogens with one attached hydrogen (secondary N) is 1. The lowest BCUT2D eigenvalue weighted by atomic mass is 9.78. The van der Waals surface area contributed by atoms with Gasteiger partial charge in [0.25, 0.3) is 0 Å². The van der Waals surface area contributed by atoms with Crippen LogP contribution in [-0.2, 0) is 4.74 Å². The third-order valence-electron chi connectivity index (χ3n) is 3.22. The van der Waals surface area contributed by atoms with Crippen molar-refractivity contribution < 1.29 is 4.74 Å². The van der Waals surface area contributed by atoms with Crippen molar-refractivity contribution in [3.8, 4) is 0 Å². The third-order valence-corrected chi connectivity index (χ3v) is 3.22. The second kappa shape index (κ2) is 9.56. The number of unbranched alkanes of at least 4 members (excludes halogenated alkanes) is 2. The van der Waals surface area contributed by atoms with Crippen molar-refractivity contribution >= 4 is 13.6 Å². The van der Waals surface area contributed by atoms with Gasteiger partial charge < -0.3 is 15.9 Å². The predicted molar refractivity (Wildman–Crippen MR) is 90.6 cm³/mol. The minimum absolute atomic E-state index is 0.396. The van der Waals surface area contributed by atoms with Crippen molar-refractivity contribution in [1.29, 1.82) is 5.41 Å². The molecule has 0 amide bonds. The summed E-state index contributed by atoms with van der Waals surface area (Å²) in [5.41, 5.74) is 5.20. The van der Waals surface area contributed by atoms with Gasteiger partial charge in [0.2, 0.25) is 0 Å².